The minimum Gasteiger partial charge on any atom is -0.477 e. The zero-order chi connectivity index (χ0) is 17.4. The van der Waals surface area contributed by atoms with E-state index in [-0.39, 0.29) is 29.3 Å². The molecule has 1 fully saturated rings. The summed E-state index contributed by atoms with van der Waals surface area (Å²) in [5.74, 6) is -1.31. The summed E-state index contributed by atoms with van der Waals surface area (Å²) < 4.78 is 0. The molecule has 8 nitrogen and oxygen atoms in total. The molecule has 0 saturated carbocycles. The van der Waals surface area contributed by atoms with Gasteiger partial charge < -0.3 is 20.4 Å². The fourth-order valence-corrected chi connectivity index (χ4v) is 4.66. The van der Waals surface area contributed by atoms with Crippen molar-refractivity contribution in [3.63, 3.8) is 0 Å². The number of nitrogens with one attached hydrogen (secondary N) is 1. The van der Waals surface area contributed by atoms with Gasteiger partial charge in [-0.3, -0.25) is 9.79 Å². The van der Waals surface area contributed by atoms with Crippen molar-refractivity contribution in [3.05, 3.63) is 10.6 Å². The summed E-state index contributed by atoms with van der Waals surface area (Å²) in [5.41, 5.74) is 0.0405. The number of thioether (sulfide) groups is 1. The van der Waals surface area contributed by atoms with Crippen LogP contribution in [0, 0.1) is 17.2 Å². The molecule has 0 aromatic heterocycles. The monoisotopic (exact) mass is 350 g/mol. The number of aliphatic imine (C=N–C) groups is 1. The number of β-lactam (4-membered cyclic amide) rings is 1. The third-order valence-electron chi connectivity index (χ3n) is 4.47. The Morgan fingerprint density at radius 2 is 2.38 bits per heavy atom. The third kappa shape index (κ3) is 2.76. The molecular formula is C15H18N4O4S. The standard InChI is InChI=1S/C15H18N4O4S/c1-7(20)12-9-4-10(13(15(22)23)19(9)14(12)21)24-8-5-17-11(2-3-16)18-6-8/h7-9,12,20H,2,4-6H2,1H3,(H,17,18)(H,22,23)/t7?,9-,12?/m1/s1. The number of amidine groups is 1. The Bertz CT molecular complexity index is 681. The second-order valence-corrected chi connectivity index (χ2v) is 7.46. The first-order valence-electron chi connectivity index (χ1n) is 7.72. The number of amides is 1. The van der Waals surface area contributed by atoms with Gasteiger partial charge in [-0.2, -0.15) is 5.26 Å². The largest absolute Gasteiger partial charge is 0.477 e. The van der Waals surface area contributed by atoms with Gasteiger partial charge in [-0.05, 0) is 6.92 Å². The van der Waals surface area contributed by atoms with Gasteiger partial charge in [0.15, 0.2) is 0 Å². The number of fused-ring (bicyclic) bond motifs is 1. The van der Waals surface area contributed by atoms with E-state index in [4.69, 9.17) is 5.26 Å². The molecular weight excluding hydrogens is 332 g/mol. The highest BCUT2D eigenvalue weighted by Crippen LogP contribution is 2.47. The number of hydrogen-bond donors (Lipinski definition) is 3. The molecule has 3 unspecified atom stereocenters. The summed E-state index contributed by atoms with van der Waals surface area (Å²) in [4.78, 5) is 30.0. The van der Waals surface area contributed by atoms with Gasteiger partial charge in [0, 0.05) is 23.1 Å². The van der Waals surface area contributed by atoms with Gasteiger partial charge in [0.05, 0.1) is 37.1 Å². The second-order valence-electron chi connectivity index (χ2n) is 6.07. The normalized spacial score (nSPS) is 30.0. The summed E-state index contributed by atoms with van der Waals surface area (Å²) in [6, 6.07) is 1.77. The van der Waals surface area contributed by atoms with Crippen molar-refractivity contribution in [2.75, 3.05) is 13.1 Å². The molecule has 0 spiro atoms. The molecule has 0 radical (unpaired) electrons. The average molecular weight is 350 g/mol. The maximum atomic E-state index is 12.1. The van der Waals surface area contributed by atoms with E-state index in [0.29, 0.717) is 30.3 Å². The maximum absolute atomic E-state index is 12.1. The van der Waals surface area contributed by atoms with Crippen LogP contribution in [0.15, 0.2) is 15.6 Å². The van der Waals surface area contributed by atoms with E-state index in [1.54, 1.807) is 6.92 Å². The Kier molecular flexibility index (Phi) is 4.51. The van der Waals surface area contributed by atoms with Crippen molar-refractivity contribution in [1.29, 1.82) is 5.26 Å². The van der Waals surface area contributed by atoms with E-state index in [2.05, 4.69) is 10.3 Å². The van der Waals surface area contributed by atoms with E-state index < -0.39 is 18.0 Å². The molecule has 3 aliphatic heterocycles. The van der Waals surface area contributed by atoms with E-state index >= 15 is 0 Å². The number of carboxylic acid groups (broad SMARTS) is 1. The predicted molar refractivity (Wildman–Crippen MR) is 87.0 cm³/mol. The van der Waals surface area contributed by atoms with Gasteiger partial charge in [0.1, 0.15) is 11.5 Å². The summed E-state index contributed by atoms with van der Waals surface area (Å²) in [7, 11) is 0. The van der Waals surface area contributed by atoms with Crippen molar-refractivity contribution in [2.24, 2.45) is 10.9 Å². The third-order valence-corrected chi connectivity index (χ3v) is 5.76. The number of carboxylic acids is 1. The lowest BCUT2D eigenvalue weighted by atomic mass is 9.83. The lowest BCUT2D eigenvalue weighted by Crippen LogP contribution is -2.61. The quantitative estimate of drug-likeness (QED) is 0.592. The number of nitriles is 1. The van der Waals surface area contributed by atoms with Crippen LogP contribution in [0.2, 0.25) is 0 Å². The van der Waals surface area contributed by atoms with Crippen LogP contribution in [0.25, 0.3) is 0 Å². The molecule has 1 saturated heterocycles. The number of carbonyl (C=O) groups excluding carboxylic acids is 1. The van der Waals surface area contributed by atoms with Crippen molar-refractivity contribution < 1.29 is 19.8 Å². The van der Waals surface area contributed by atoms with Gasteiger partial charge in [-0.15, -0.1) is 11.8 Å². The summed E-state index contributed by atoms with van der Waals surface area (Å²) >= 11 is 1.42. The average Bonchev–Trinajstić information content (AvgIpc) is 2.83. The van der Waals surface area contributed by atoms with Crippen LogP contribution in [-0.2, 0) is 9.59 Å². The molecule has 0 aliphatic carbocycles. The van der Waals surface area contributed by atoms with E-state index in [1.807, 2.05) is 6.07 Å². The number of rotatable bonds is 5. The molecule has 3 aliphatic rings. The highest BCUT2D eigenvalue weighted by molar-refractivity contribution is 8.03. The van der Waals surface area contributed by atoms with Gasteiger partial charge >= 0.3 is 5.97 Å². The molecule has 4 atom stereocenters. The van der Waals surface area contributed by atoms with Crippen molar-refractivity contribution in [1.82, 2.24) is 10.2 Å². The van der Waals surface area contributed by atoms with E-state index in [0.717, 1.165) is 0 Å². The van der Waals surface area contributed by atoms with Crippen LogP contribution in [0.4, 0.5) is 0 Å². The van der Waals surface area contributed by atoms with Crippen LogP contribution in [0.1, 0.15) is 19.8 Å². The Hall–Kier alpha value is -2.05. The van der Waals surface area contributed by atoms with Crippen molar-refractivity contribution in [2.45, 2.75) is 37.2 Å². The smallest absolute Gasteiger partial charge is 0.353 e. The highest BCUT2D eigenvalue weighted by atomic mass is 32.2. The number of aliphatic hydroxyl groups excluding tert-OH is 1. The molecule has 9 heteroatoms. The topological polar surface area (TPSA) is 126 Å². The molecule has 0 bridgehead atoms. The first-order valence-corrected chi connectivity index (χ1v) is 8.60. The van der Waals surface area contributed by atoms with E-state index in [9.17, 15) is 19.8 Å². The zero-order valence-corrected chi connectivity index (χ0v) is 13.9. The van der Waals surface area contributed by atoms with Gasteiger partial charge in [-0.25, -0.2) is 4.79 Å². The number of aliphatic hydroxyl groups is 1. The number of aliphatic carboxylic acids is 1. The van der Waals surface area contributed by atoms with E-state index in [1.165, 1.54) is 16.7 Å². The molecule has 128 valence electrons. The van der Waals surface area contributed by atoms with Crippen LogP contribution >= 0.6 is 11.8 Å². The molecule has 1 amide bonds. The second kappa shape index (κ2) is 6.45. The number of hydrogen-bond acceptors (Lipinski definition) is 7. The van der Waals surface area contributed by atoms with Crippen LogP contribution in [-0.4, -0.2) is 63.3 Å². The lowest BCUT2D eigenvalue weighted by molar-refractivity contribution is -0.161. The lowest BCUT2D eigenvalue weighted by Gasteiger charge is -2.44. The fraction of sp³-hybridized carbons (Fsp3) is 0.600. The highest BCUT2D eigenvalue weighted by Gasteiger charge is 2.56. The minimum atomic E-state index is -1.12. The molecule has 24 heavy (non-hydrogen) atoms. The number of nitrogens with zero attached hydrogens (tertiary/aromatic N) is 3. The summed E-state index contributed by atoms with van der Waals surface area (Å²) in [6.07, 6.45) is -0.0904. The first-order chi connectivity index (χ1) is 11.4. The molecule has 0 aromatic carbocycles. The van der Waals surface area contributed by atoms with Crippen LogP contribution in [0.5, 0.6) is 0 Å². The maximum Gasteiger partial charge on any atom is 0.353 e. The summed E-state index contributed by atoms with van der Waals surface area (Å²) in [6.45, 7) is 2.66. The molecule has 0 aromatic rings. The minimum absolute atomic E-state index is 0.0405. The summed E-state index contributed by atoms with van der Waals surface area (Å²) in [5, 5.41) is 31.0. The SMILES string of the molecule is CC(O)C1C(=O)N2C(C(=O)O)=C(SC3CN=C(CC#N)NC3)C[C@H]12. The molecule has 3 N–H and O–H groups in total. The Balaban J connectivity index is 1.73. The fourth-order valence-electron chi connectivity index (χ4n) is 3.37. The Morgan fingerprint density at radius 1 is 1.62 bits per heavy atom. The Labute approximate surface area is 143 Å². The van der Waals surface area contributed by atoms with Crippen molar-refractivity contribution >= 4 is 29.5 Å². The van der Waals surface area contributed by atoms with Gasteiger partial charge in [0.2, 0.25) is 5.91 Å². The van der Waals surface area contributed by atoms with Gasteiger partial charge in [-0.1, -0.05) is 0 Å². The van der Waals surface area contributed by atoms with Crippen molar-refractivity contribution in [3.8, 4) is 6.07 Å². The van der Waals surface area contributed by atoms with Gasteiger partial charge in [0.25, 0.3) is 0 Å². The van der Waals surface area contributed by atoms with Crippen LogP contribution < -0.4 is 5.32 Å². The van der Waals surface area contributed by atoms with Crippen LogP contribution in [0.3, 0.4) is 0 Å². The number of carbonyl (C=O) groups is 2. The molecule has 3 rings (SSSR count). The molecule has 3 heterocycles. The zero-order valence-electron chi connectivity index (χ0n) is 13.1. The predicted octanol–water partition coefficient (Wildman–Crippen LogP) is -0.0887. The Morgan fingerprint density at radius 3 is 2.92 bits per heavy atom. The first kappa shape index (κ1) is 16.8.